The Labute approximate surface area is 153 Å². The Morgan fingerprint density at radius 3 is 2.62 bits per heavy atom. The number of aromatic nitrogens is 2. The lowest BCUT2D eigenvalue weighted by Crippen LogP contribution is -2.46. The Morgan fingerprint density at radius 1 is 1.23 bits per heavy atom. The van der Waals surface area contributed by atoms with Crippen LogP contribution in [0.2, 0.25) is 0 Å². The van der Waals surface area contributed by atoms with E-state index in [1.54, 1.807) is 18.3 Å². The van der Waals surface area contributed by atoms with E-state index in [-0.39, 0.29) is 23.7 Å². The van der Waals surface area contributed by atoms with Gasteiger partial charge in [0.05, 0.1) is 6.04 Å². The SMILES string of the molecule is Cc1ccnc(N2CCC(=O)N(Cc3ccc(F)cc3)[C@H](C(C)C)C2)n1. The molecule has 1 aromatic carbocycles. The zero-order chi connectivity index (χ0) is 18.7. The Balaban J connectivity index is 1.85. The van der Waals surface area contributed by atoms with Crippen LogP contribution in [0.25, 0.3) is 0 Å². The van der Waals surface area contributed by atoms with Gasteiger partial charge in [-0.25, -0.2) is 14.4 Å². The van der Waals surface area contributed by atoms with Gasteiger partial charge in [-0.3, -0.25) is 4.79 Å². The van der Waals surface area contributed by atoms with Crippen LogP contribution in [0.4, 0.5) is 10.3 Å². The summed E-state index contributed by atoms with van der Waals surface area (Å²) in [5, 5.41) is 0. The van der Waals surface area contributed by atoms with E-state index in [1.807, 2.05) is 17.9 Å². The van der Waals surface area contributed by atoms with Gasteiger partial charge in [0.1, 0.15) is 5.82 Å². The van der Waals surface area contributed by atoms with Crippen molar-refractivity contribution in [1.82, 2.24) is 14.9 Å². The molecule has 1 amide bonds. The van der Waals surface area contributed by atoms with Crippen LogP contribution < -0.4 is 4.90 Å². The number of nitrogens with zero attached hydrogens (tertiary/aromatic N) is 4. The highest BCUT2D eigenvalue weighted by molar-refractivity contribution is 5.77. The Bertz CT molecular complexity index is 763. The number of halogens is 1. The van der Waals surface area contributed by atoms with Crippen LogP contribution in [0.3, 0.4) is 0 Å². The predicted molar refractivity (Wildman–Crippen MR) is 99.2 cm³/mol. The molecule has 26 heavy (non-hydrogen) atoms. The minimum atomic E-state index is -0.265. The van der Waals surface area contributed by atoms with E-state index in [4.69, 9.17) is 0 Å². The summed E-state index contributed by atoms with van der Waals surface area (Å²) >= 11 is 0. The quantitative estimate of drug-likeness (QED) is 0.844. The van der Waals surface area contributed by atoms with E-state index in [2.05, 4.69) is 28.7 Å². The van der Waals surface area contributed by atoms with E-state index in [0.29, 0.717) is 32.0 Å². The molecule has 0 saturated carbocycles. The molecule has 3 rings (SSSR count). The third-order valence-electron chi connectivity index (χ3n) is 4.82. The molecule has 1 aliphatic rings. The molecule has 0 bridgehead atoms. The Morgan fingerprint density at radius 2 is 1.96 bits per heavy atom. The number of benzene rings is 1. The van der Waals surface area contributed by atoms with Crippen LogP contribution >= 0.6 is 0 Å². The van der Waals surface area contributed by atoms with Gasteiger partial charge in [-0.1, -0.05) is 26.0 Å². The molecule has 0 spiro atoms. The molecule has 0 N–H and O–H groups in total. The molecule has 0 aliphatic carbocycles. The van der Waals surface area contributed by atoms with E-state index in [9.17, 15) is 9.18 Å². The van der Waals surface area contributed by atoms with Crippen LogP contribution in [-0.4, -0.2) is 39.9 Å². The molecule has 1 aromatic heterocycles. The minimum Gasteiger partial charge on any atom is -0.338 e. The molecule has 0 unspecified atom stereocenters. The molecule has 1 saturated heterocycles. The van der Waals surface area contributed by atoms with Gasteiger partial charge < -0.3 is 9.80 Å². The standard InChI is InChI=1S/C20H25FN4O/c1-14(2)18-13-24(20-22-10-8-15(3)23-20)11-9-19(26)25(18)12-16-4-6-17(21)7-5-16/h4-8,10,14,18H,9,11-13H2,1-3H3/t18-/m0/s1. The number of aryl methyl sites for hydroxylation is 1. The van der Waals surface area contributed by atoms with Gasteiger partial charge in [0, 0.05) is 37.9 Å². The smallest absolute Gasteiger partial charge is 0.225 e. The fourth-order valence-electron chi connectivity index (χ4n) is 3.31. The molecule has 0 radical (unpaired) electrons. The van der Waals surface area contributed by atoms with Gasteiger partial charge in [0.2, 0.25) is 11.9 Å². The molecule has 138 valence electrons. The monoisotopic (exact) mass is 356 g/mol. The van der Waals surface area contributed by atoms with Crippen LogP contribution in [0.1, 0.15) is 31.5 Å². The van der Waals surface area contributed by atoms with Gasteiger partial charge in [-0.05, 0) is 36.6 Å². The molecule has 2 aromatic rings. The number of amides is 1. The molecule has 1 atom stereocenters. The van der Waals surface area contributed by atoms with Crippen molar-refractivity contribution in [2.24, 2.45) is 5.92 Å². The largest absolute Gasteiger partial charge is 0.338 e. The summed E-state index contributed by atoms with van der Waals surface area (Å²) in [6.45, 7) is 7.96. The summed E-state index contributed by atoms with van der Waals surface area (Å²) in [5.41, 5.74) is 1.85. The fourth-order valence-corrected chi connectivity index (χ4v) is 3.31. The van der Waals surface area contributed by atoms with Crippen LogP contribution in [0.5, 0.6) is 0 Å². The number of carbonyl (C=O) groups excluding carboxylic acids is 1. The van der Waals surface area contributed by atoms with Crippen molar-refractivity contribution in [3.05, 3.63) is 53.6 Å². The van der Waals surface area contributed by atoms with Crippen molar-refractivity contribution in [2.75, 3.05) is 18.0 Å². The van der Waals surface area contributed by atoms with Crippen molar-refractivity contribution < 1.29 is 9.18 Å². The summed E-state index contributed by atoms with van der Waals surface area (Å²) in [6, 6.07) is 8.27. The molecule has 6 heteroatoms. The Hall–Kier alpha value is -2.50. The molecule has 2 heterocycles. The van der Waals surface area contributed by atoms with Crippen molar-refractivity contribution >= 4 is 11.9 Å². The maximum Gasteiger partial charge on any atom is 0.225 e. The zero-order valence-electron chi connectivity index (χ0n) is 15.5. The Kier molecular flexibility index (Phi) is 5.49. The third-order valence-corrected chi connectivity index (χ3v) is 4.82. The molecule has 1 fully saturated rings. The first-order valence-electron chi connectivity index (χ1n) is 9.02. The van der Waals surface area contributed by atoms with Crippen molar-refractivity contribution in [1.29, 1.82) is 0 Å². The van der Waals surface area contributed by atoms with Crippen LogP contribution in [0.15, 0.2) is 36.5 Å². The summed E-state index contributed by atoms with van der Waals surface area (Å²) < 4.78 is 13.2. The number of anilines is 1. The second-order valence-corrected chi connectivity index (χ2v) is 7.15. The summed E-state index contributed by atoms with van der Waals surface area (Å²) in [4.78, 5) is 25.8. The van der Waals surface area contributed by atoms with Gasteiger partial charge in [0.15, 0.2) is 0 Å². The average molecular weight is 356 g/mol. The number of rotatable bonds is 4. The first-order chi connectivity index (χ1) is 12.4. The normalized spacial score (nSPS) is 18.3. The van der Waals surface area contributed by atoms with E-state index in [1.165, 1.54) is 12.1 Å². The average Bonchev–Trinajstić information content (AvgIpc) is 2.77. The molecular weight excluding hydrogens is 331 g/mol. The maximum atomic E-state index is 13.2. The molecule has 1 aliphatic heterocycles. The molecule has 5 nitrogen and oxygen atoms in total. The van der Waals surface area contributed by atoms with Crippen molar-refractivity contribution in [2.45, 2.75) is 39.8 Å². The first kappa shape index (κ1) is 18.3. The number of hydrogen-bond acceptors (Lipinski definition) is 4. The van der Waals surface area contributed by atoms with Gasteiger partial charge >= 0.3 is 0 Å². The highest BCUT2D eigenvalue weighted by Crippen LogP contribution is 2.23. The lowest BCUT2D eigenvalue weighted by Gasteiger charge is -2.34. The van der Waals surface area contributed by atoms with Crippen molar-refractivity contribution in [3.8, 4) is 0 Å². The molecular formula is C20H25FN4O. The first-order valence-corrected chi connectivity index (χ1v) is 9.02. The van der Waals surface area contributed by atoms with E-state index >= 15 is 0 Å². The zero-order valence-corrected chi connectivity index (χ0v) is 15.5. The second kappa shape index (κ2) is 7.81. The highest BCUT2D eigenvalue weighted by atomic mass is 19.1. The lowest BCUT2D eigenvalue weighted by atomic mass is 10.0. The number of carbonyl (C=O) groups is 1. The predicted octanol–water partition coefficient (Wildman–Crippen LogP) is 3.19. The van der Waals surface area contributed by atoms with Gasteiger partial charge in [0.25, 0.3) is 0 Å². The highest BCUT2D eigenvalue weighted by Gasteiger charge is 2.32. The van der Waals surface area contributed by atoms with E-state index < -0.39 is 0 Å². The minimum absolute atomic E-state index is 0.0409. The summed E-state index contributed by atoms with van der Waals surface area (Å²) in [5.74, 6) is 0.805. The number of hydrogen-bond donors (Lipinski definition) is 0. The van der Waals surface area contributed by atoms with Crippen LogP contribution in [-0.2, 0) is 11.3 Å². The lowest BCUT2D eigenvalue weighted by molar-refractivity contribution is -0.134. The summed E-state index contributed by atoms with van der Waals surface area (Å²) in [6.07, 6.45) is 2.17. The van der Waals surface area contributed by atoms with Gasteiger partial charge in [-0.2, -0.15) is 0 Å². The van der Waals surface area contributed by atoms with E-state index in [0.717, 1.165) is 11.3 Å². The second-order valence-electron chi connectivity index (χ2n) is 7.15. The third kappa shape index (κ3) is 4.18. The maximum absolute atomic E-state index is 13.2. The van der Waals surface area contributed by atoms with Crippen LogP contribution in [0, 0.1) is 18.7 Å². The topological polar surface area (TPSA) is 49.3 Å². The summed E-state index contributed by atoms with van der Waals surface area (Å²) in [7, 11) is 0. The fraction of sp³-hybridized carbons (Fsp3) is 0.450. The van der Waals surface area contributed by atoms with Crippen molar-refractivity contribution in [3.63, 3.8) is 0 Å². The van der Waals surface area contributed by atoms with Gasteiger partial charge in [-0.15, -0.1) is 0 Å².